The fourth-order valence-corrected chi connectivity index (χ4v) is 5.20. The molecule has 0 saturated carbocycles. The van der Waals surface area contributed by atoms with Gasteiger partial charge in [0.25, 0.3) is 0 Å². The minimum atomic E-state index is -1.18. The predicted octanol–water partition coefficient (Wildman–Crippen LogP) is 7.89. The molecule has 0 heterocycles. The summed E-state index contributed by atoms with van der Waals surface area (Å²) >= 11 is 0. The van der Waals surface area contributed by atoms with E-state index in [1.54, 1.807) is 14.2 Å². The third-order valence-corrected chi connectivity index (χ3v) is 7.29. The maximum atomic E-state index is 13.7. The van der Waals surface area contributed by atoms with Gasteiger partial charge in [0.2, 0.25) is 0 Å². The minimum Gasteiger partial charge on any atom is -0.496 e. The van der Waals surface area contributed by atoms with E-state index < -0.39 is 23.4 Å². The lowest BCUT2D eigenvalue weighted by Gasteiger charge is -2.35. The van der Waals surface area contributed by atoms with Gasteiger partial charge in [-0.25, -0.2) is 0 Å². The summed E-state index contributed by atoms with van der Waals surface area (Å²) in [6.45, 7) is 18.8. The molecular weight excluding hydrogens is 488 g/mol. The van der Waals surface area contributed by atoms with Gasteiger partial charge in [0.05, 0.1) is 26.2 Å². The Kier molecular flexibility index (Phi) is 8.76. The Morgan fingerprint density at radius 2 is 1.38 bits per heavy atom. The Balaban J connectivity index is 2.29. The van der Waals surface area contributed by atoms with Gasteiger partial charge in [-0.1, -0.05) is 92.6 Å². The van der Waals surface area contributed by atoms with Gasteiger partial charge in [-0.05, 0) is 50.8 Å². The number of ether oxygens (including phenoxy) is 3. The average molecular weight is 535 g/mol. The molecule has 0 fully saturated rings. The highest BCUT2D eigenvalue weighted by atomic mass is 16.5. The first-order valence-corrected chi connectivity index (χ1v) is 13.6. The van der Waals surface area contributed by atoms with E-state index in [2.05, 4.69) is 53.7 Å². The number of carbonyl (C=O) groups excluding carboxylic acids is 1. The summed E-state index contributed by atoms with van der Waals surface area (Å²) < 4.78 is 17.6. The highest BCUT2D eigenvalue weighted by Crippen LogP contribution is 2.49. The number of benzene rings is 3. The fourth-order valence-electron chi connectivity index (χ4n) is 5.20. The first kappa shape index (κ1) is 30.5. The van der Waals surface area contributed by atoms with E-state index in [-0.39, 0.29) is 17.4 Å². The number of carbonyl (C=O) groups is 1. The molecule has 2 atom stereocenters. The van der Waals surface area contributed by atoms with Gasteiger partial charge in [0.1, 0.15) is 18.1 Å². The Labute approximate surface area is 234 Å². The molecule has 3 rings (SSSR count). The molecule has 0 saturated heterocycles. The zero-order valence-corrected chi connectivity index (χ0v) is 25.6. The van der Waals surface area contributed by atoms with Gasteiger partial charge in [0, 0.05) is 16.7 Å². The molecule has 0 aliphatic heterocycles. The second-order valence-electron chi connectivity index (χ2n) is 13.5. The van der Waals surface area contributed by atoms with E-state index in [0.29, 0.717) is 11.3 Å². The van der Waals surface area contributed by atoms with Crippen molar-refractivity contribution in [2.24, 2.45) is 11.3 Å². The number of rotatable bonds is 7. The van der Waals surface area contributed by atoms with E-state index in [4.69, 9.17) is 14.2 Å². The molecule has 0 aromatic heterocycles. The van der Waals surface area contributed by atoms with Crippen molar-refractivity contribution in [3.63, 3.8) is 0 Å². The molecule has 0 spiro atoms. The molecule has 212 valence electrons. The highest BCUT2D eigenvalue weighted by Gasteiger charge is 2.42. The Bertz CT molecular complexity index is 1300. The number of fused-ring (bicyclic) bond motifs is 1. The minimum absolute atomic E-state index is 0.141. The highest BCUT2D eigenvalue weighted by molar-refractivity contribution is 5.93. The normalized spacial score (nSPS) is 14.2. The van der Waals surface area contributed by atoms with Crippen LogP contribution in [-0.2, 0) is 27.0 Å². The standard InChI is InChI=1S/C34H46O5/c1-32(2,3)24-17-22-18-25(33(4,5)6)30(38-11)27(23(22)19-26(24)37-10)29(35)28(34(7,8)9)31(36)39-20-21-15-13-12-14-16-21/h12-19,28-29,35H,20H2,1-11H3. The van der Waals surface area contributed by atoms with E-state index in [1.807, 2.05) is 57.2 Å². The largest absolute Gasteiger partial charge is 0.496 e. The maximum absolute atomic E-state index is 13.7. The number of aliphatic hydroxyl groups is 1. The van der Waals surface area contributed by atoms with Crippen LogP contribution in [0.2, 0.25) is 0 Å². The zero-order chi connectivity index (χ0) is 29.3. The summed E-state index contributed by atoms with van der Waals surface area (Å²) in [6, 6.07) is 15.8. The Hall–Kier alpha value is -3.05. The van der Waals surface area contributed by atoms with Gasteiger partial charge in [-0.3, -0.25) is 4.79 Å². The van der Waals surface area contributed by atoms with Crippen molar-refractivity contribution >= 4 is 16.7 Å². The summed E-state index contributed by atoms with van der Waals surface area (Å²) in [4.78, 5) is 13.7. The van der Waals surface area contributed by atoms with Crippen LogP contribution in [0.5, 0.6) is 11.5 Å². The number of hydrogen-bond acceptors (Lipinski definition) is 5. The predicted molar refractivity (Wildman–Crippen MR) is 159 cm³/mol. The molecule has 0 amide bonds. The molecule has 5 nitrogen and oxygen atoms in total. The van der Waals surface area contributed by atoms with Gasteiger partial charge >= 0.3 is 5.97 Å². The second kappa shape index (κ2) is 11.2. The first-order valence-electron chi connectivity index (χ1n) is 13.6. The zero-order valence-electron chi connectivity index (χ0n) is 25.6. The third-order valence-electron chi connectivity index (χ3n) is 7.29. The van der Waals surface area contributed by atoms with E-state index in [1.165, 1.54) is 0 Å². The molecule has 0 aliphatic rings. The fraction of sp³-hybridized carbons (Fsp3) is 0.500. The van der Waals surface area contributed by atoms with Crippen LogP contribution in [0.15, 0.2) is 48.5 Å². The number of hydrogen-bond donors (Lipinski definition) is 1. The van der Waals surface area contributed by atoms with Crippen LogP contribution in [-0.4, -0.2) is 25.3 Å². The summed E-state index contributed by atoms with van der Waals surface area (Å²) in [6.07, 6.45) is -1.18. The van der Waals surface area contributed by atoms with Crippen molar-refractivity contribution in [3.05, 3.63) is 70.8 Å². The lowest BCUT2D eigenvalue weighted by molar-refractivity contribution is -0.160. The van der Waals surface area contributed by atoms with E-state index in [0.717, 1.165) is 33.2 Å². The molecular formula is C34H46O5. The van der Waals surface area contributed by atoms with Gasteiger partial charge in [0.15, 0.2) is 0 Å². The SMILES string of the molecule is COc1cc2c(C(O)C(C(=O)OCc3ccccc3)C(C)(C)C)c(OC)c(C(C)(C)C)cc2cc1C(C)(C)C. The molecule has 0 radical (unpaired) electrons. The number of esters is 1. The van der Waals surface area contributed by atoms with Crippen molar-refractivity contribution in [2.45, 2.75) is 85.9 Å². The van der Waals surface area contributed by atoms with Crippen LogP contribution in [0.1, 0.15) is 90.7 Å². The molecule has 0 aliphatic carbocycles. The van der Waals surface area contributed by atoms with Crippen molar-refractivity contribution in [2.75, 3.05) is 14.2 Å². The molecule has 0 bridgehead atoms. The summed E-state index contributed by atoms with van der Waals surface area (Å²) in [5.74, 6) is 0.0152. The van der Waals surface area contributed by atoms with Crippen molar-refractivity contribution in [1.29, 1.82) is 0 Å². The Morgan fingerprint density at radius 1 is 0.821 bits per heavy atom. The molecule has 3 aromatic rings. The molecule has 5 heteroatoms. The topological polar surface area (TPSA) is 65.0 Å². The van der Waals surface area contributed by atoms with Crippen LogP contribution in [0, 0.1) is 11.3 Å². The summed E-state index contributed by atoms with van der Waals surface area (Å²) in [5, 5.41) is 13.9. The van der Waals surface area contributed by atoms with Crippen LogP contribution in [0.4, 0.5) is 0 Å². The average Bonchev–Trinajstić information content (AvgIpc) is 2.84. The quantitative estimate of drug-likeness (QED) is 0.312. The lowest BCUT2D eigenvalue weighted by Crippen LogP contribution is -2.36. The van der Waals surface area contributed by atoms with Crippen LogP contribution in [0.25, 0.3) is 10.8 Å². The molecule has 3 aromatic carbocycles. The monoisotopic (exact) mass is 534 g/mol. The van der Waals surface area contributed by atoms with Gasteiger partial charge < -0.3 is 19.3 Å². The van der Waals surface area contributed by atoms with Crippen molar-refractivity contribution in [3.8, 4) is 11.5 Å². The first-order chi connectivity index (χ1) is 18.0. The summed E-state index contributed by atoms with van der Waals surface area (Å²) in [5.41, 5.74) is 2.47. The molecule has 39 heavy (non-hydrogen) atoms. The summed E-state index contributed by atoms with van der Waals surface area (Å²) in [7, 11) is 3.28. The van der Waals surface area contributed by atoms with Crippen LogP contribution >= 0.6 is 0 Å². The van der Waals surface area contributed by atoms with Crippen molar-refractivity contribution in [1.82, 2.24) is 0 Å². The molecule has 2 unspecified atom stereocenters. The third kappa shape index (κ3) is 6.58. The van der Waals surface area contributed by atoms with Crippen molar-refractivity contribution < 1.29 is 24.1 Å². The number of aliphatic hydroxyl groups excluding tert-OH is 1. The van der Waals surface area contributed by atoms with E-state index in [9.17, 15) is 9.90 Å². The Morgan fingerprint density at radius 3 is 1.87 bits per heavy atom. The smallest absolute Gasteiger partial charge is 0.312 e. The second-order valence-corrected chi connectivity index (χ2v) is 13.5. The van der Waals surface area contributed by atoms with Crippen LogP contribution < -0.4 is 9.47 Å². The maximum Gasteiger partial charge on any atom is 0.312 e. The van der Waals surface area contributed by atoms with Gasteiger partial charge in [-0.2, -0.15) is 0 Å². The van der Waals surface area contributed by atoms with Crippen LogP contribution in [0.3, 0.4) is 0 Å². The molecule has 1 N–H and O–H groups in total. The van der Waals surface area contributed by atoms with Gasteiger partial charge in [-0.15, -0.1) is 0 Å². The lowest BCUT2D eigenvalue weighted by atomic mass is 9.73. The number of methoxy groups -OCH3 is 2. The van der Waals surface area contributed by atoms with E-state index >= 15 is 0 Å².